The molecule has 1 fully saturated rings. The van der Waals surface area contributed by atoms with Crippen molar-refractivity contribution in [2.45, 2.75) is 32.2 Å². The summed E-state index contributed by atoms with van der Waals surface area (Å²) in [5.74, 6) is -0.459. The first-order valence-electron chi connectivity index (χ1n) is 7.88. The maximum absolute atomic E-state index is 13.6. The van der Waals surface area contributed by atoms with E-state index in [1.165, 1.54) is 19.2 Å². The minimum atomic E-state index is -0.579. The van der Waals surface area contributed by atoms with Crippen LogP contribution >= 0.6 is 0 Å². The lowest BCUT2D eigenvalue weighted by molar-refractivity contribution is -0.122. The SMILES string of the molecule is COc1ccc(C(=O)CCC(=O)NC2CNCCC2C)cc1F. The Labute approximate surface area is 135 Å². The summed E-state index contributed by atoms with van der Waals surface area (Å²) in [6.45, 7) is 3.83. The smallest absolute Gasteiger partial charge is 0.220 e. The van der Waals surface area contributed by atoms with E-state index in [-0.39, 0.29) is 41.9 Å². The van der Waals surface area contributed by atoms with Crippen molar-refractivity contribution in [2.24, 2.45) is 5.92 Å². The topological polar surface area (TPSA) is 67.4 Å². The molecule has 23 heavy (non-hydrogen) atoms. The summed E-state index contributed by atoms with van der Waals surface area (Å²) in [4.78, 5) is 24.0. The minimum Gasteiger partial charge on any atom is -0.494 e. The third-order valence-electron chi connectivity index (χ3n) is 4.23. The van der Waals surface area contributed by atoms with Crippen LogP contribution < -0.4 is 15.4 Å². The molecule has 2 N–H and O–H groups in total. The van der Waals surface area contributed by atoms with Gasteiger partial charge in [-0.1, -0.05) is 6.92 Å². The van der Waals surface area contributed by atoms with Crippen LogP contribution in [0.1, 0.15) is 36.5 Å². The quantitative estimate of drug-likeness (QED) is 0.785. The van der Waals surface area contributed by atoms with Gasteiger partial charge < -0.3 is 15.4 Å². The monoisotopic (exact) mass is 322 g/mol. The summed E-state index contributed by atoms with van der Waals surface area (Å²) >= 11 is 0. The summed E-state index contributed by atoms with van der Waals surface area (Å²) in [5.41, 5.74) is 0.254. The van der Waals surface area contributed by atoms with Crippen molar-refractivity contribution < 1.29 is 18.7 Å². The maximum Gasteiger partial charge on any atom is 0.220 e. The number of nitrogens with one attached hydrogen (secondary N) is 2. The summed E-state index contributed by atoms with van der Waals surface area (Å²) in [6.07, 6.45) is 1.19. The van der Waals surface area contributed by atoms with Crippen molar-refractivity contribution in [1.29, 1.82) is 0 Å². The predicted molar refractivity (Wildman–Crippen MR) is 85.1 cm³/mol. The van der Waals surface area contributed by atoms with Crippen LogP contribution in [-0.4, -0.2) is 37.9 Å². The van der Waals surface area contributed by atoms with E-state index in [1.54, 1.807) is 0 Å². The number of carbonyl (C=O) groups is 2. The highest BCUT2D eigenvalue weighted by molar-refractivity contribution is 5.98. The van der Waals surface area contributed by atoms with E-state index in [4.69, 9.17) is 4.74 Å². The van der Waals surface area contributed by atoms with Crippen LogP contribution in [0.2, 0.25) is 0 Å². The van der Waals surface area contributed by atoms with Crippen LogP contribution in [0.4, 0.5) is 4.39 Å². The first-order valence-corrected chi connectivity index (χ1v) is 7.88. The molecule has 5 nitrogen and oxygen atoms in total. The Morgan fingerprint density at radius 2 is 2.17 bits per heavy atom. The number of hydrogen-bond donors (Lipinski definition) is 2. The van der Waals surface area contributed by atoms with Gasteiger partial charge in [0.25, 0.3) is 0 Å². The second-order valence-corrected chi connectivity index (χ2v) is 5.92. The third kappa shape index (κ3) is 4.76. The maximum atomic E-state index is 13.6. The molecular weight excluding hydrogens is 299 g/mol. The standard InChI is InChI=1S/C17H23FN2O3/c1-11-7-8-19-10-14(11)20-17(22)6-4-15(21)12-3-5-16(23-2)13(18)9-12/h3,5,9,11,14,19H,4,6-8,10H2,1-2H3,(H,20,22). The molecule has 1 aromatic carbocycles. The molecule has 1 aliphatic rings. The highest BCUT2D eigenvalue weighted by atomic mass is 19.1. The van der Waals surface area contributed by atoms with Crippen LogP contribution in [-0.2, 0) is 4.79 Å². The van der Waals surface area contributed by atoms with E-state index in [9.17, 15) is 14.0 Å². The fourth-order valence-electron chi connectivity index (χ4n) is 2.67. The number of ketones is 1. The van der Waals surface area contributed by atoms with E-state index in [0.717, 1.165) is 25.6 Å². The summed E-state index contributed by atoms with van der Waals surface area (Å²) in [6, 6.07) is 4.17. The number of Topliss-reactive ketones (excluding diaryl/α,β-unsaturated/α-hetero) is 1. The highest BCUT2D eigenvalue weighted by Gasteiger charge is 2.22. The van der Waals surface area contributed by atoms with Gasteiger partial charge in [0.15, 0.2) is 17.3 Å². The third-order valence-corrected chi connectivity index (χ3v) is 4.23. The van der Waals surface area contributed by atoms with Crippen LogP contribution in [0.25, 0.3) is 0 Å². The molecule has 0 spiro atoms. The normalized spacial score (nSPS) is 20.8. The van der Waals surface area contributed by atoms with Gasteiger partial charge >= 0.3 is 0 Å². The van der Waals surface area contributed by atoms with Crippen LogP contribution in [0.15, 0.2) is 18.2 Å². The van der Waals surface area contributed by atoms with Gasteiger partial charge in [0.05, 0.1) is 7.11 Å². The molecule has 1 aromatic rings. The number of hydrogen-bond acceptors (Lipinski definition) is 4. The Kier molecular flexibility index (Phi) is 6.10. The largest absolute Gasteiger partial charge is 0.494 e. The Morgan fingerprint density at radius 3 is 2.83 bits per heavy atom. The van der Waals surface area contributed by atoms with Crippen molar-refractivity contribution >= 4 is 11.7 Å². The number of methoxy groups -OCH3 is 1. The molecule has 1 heterocycles. The van der Waals surface area contributed by atoms with Crippen LogP contribution in [0.5, 0.6) is 5.75 Å². The molecule has 0 saturated carbocycles. The zero-order valence-electron chi connectivity index (χ0n) is 13.5. The molecule has 2 unspecified atom stereocenters. The average Bonchev–Trinajstić information content (AvgIpc) is 2.54. The summed E-state index contributed by atoms with van der Waals surface area (Å²) < 4.78 is 18.4. The molecule has 0 aromatic heterocycles. The predicted octanol–water partition coefficient (Wildman–Crippen LogP) is 1.91. The molecule has 1 aliphatic heterocycles. The van der Waals surface area contributed by atoms with Crippen LogP contribution in [0, 0.1) is 11.7 Å². The fourth-order valence-corrected chi connectivity index (χ4v) is 2.67. The first-order chi connectivity index (χ1) is 11.0. The van der Waals surface area contributed by atoms with Gasteiger partial charge in [-0.3, -0.25) is 9.59 Å². The Hall–Kier alpha value is -1.95. The van der Waals surface area contributed by atoms with Crippen molar-refractivity contribution in [3.8, 4) is 5.75 Å². The number of piperidine rings is 1. The number of benzene rings is 1. The average molecular weight is 322 g/mol. The van der Waals surface area contributed by atoms with Gasteiger partial charge in [0.2, 0.25) is 5.91 Å². The van der Waals surface area contributed by atoms with Gasteiger partial charge in [0, 0.05) is 31.0 Å². The summed E-state index contributed by atoms with van der Waals surface area (Å²) in [5, 5.41) is 6.20. The zero-order valence-corrected chi connectivity index (χ0v) is 13.5. The van der Waals surface area contributed by atoms with Gasteiger partial charge in [0.1, 0.15) is 0 Å². The molecule has 6 heteroatoms. The van der Waals surface area contributed by atoms with Gasteiger partial charge in [-0.05, 0) is 37.1 Å². The molecule has 0 bridgehead atoms. The first kappa shape index (κ1) is 17.4. The summed E-state index contributed by atoms with van der Waals surface area (Å²) in [7, 11) is 1.37. The van der Waals surface area contributed by atoms with E-state index in [2.05, 4.69) is 17.6 Å². The Bertz CT molecular complexity index is 577. The molecule has 2 atom stereocenters. The van der Waals surface area contributed by atoms with Gasteiger partial charge in [-0.25, -0.2) is 4.39 Å². The lowest BCUT2D eigenvalue weighted by Gasteiger charge is -2.30. The van der Waals surface area contributed by atoms with Crippen molar-refractivity contribution in [1.82, 2.24) is 10.6 Å². The number of carbonyl (C=O) groups excluding carboxylic acids is 2. The second-order valence-electron chi connectivity index (χ2n) is 5.92. The molecule has 1 saturated heterocycles. The van der Waals surface area contributed by atoms with Crippen molar-refractivity contribution in [3.05, 3.63) is 29.6 Å². The molecule has 1 amide bonds. The lowest BCUT2D eigenvalue weighted by atomic mass is 9.94. The van der Waals surface area contributed by atoms with Crippen molar-refractivity contribution in [2.75, 3.05) is 20.2 Å². The molecular formula is C17H23FN2O3. The van der Waals surface area contributed by atoms with Crippen LogP contribution in [0.3, 0.4) is 0 Å². The Morgan fingerprint density at radius 1 is 1.39 bits per heavy atom. The Balaban J connectivity index is 1.83. The zero-order chi connectivity index (χ0) is 16.8. The van der Waals surface area contributed by atoms with Gasteiger partial charge in [-0.15, -0.1) is 0 Å². The highest BCUT2D eigenvalue weighted by Crippen LogP contribution is 2.19. The number of halogens is 1. The van der Waals surface area contributed by atoms with E-state index >= 15 is 0 Å². The van der Waals surface area contributed by atoms with Crippen molar-refractivity contribution in [3.63, 3.8) is 0 Å². The van der Waals surface area contributed by atoms with E-state index in [0.29, 0.717) is 5.92 Å². The minimum absolute atomic E-state index is 0.0616. The van der Waals surface area contributed by atoms with E-state index in [1.807, 2.05) is 0 Å². The molecule has 0 radical (unpaired) electrons. The van der Waals surface area contributed by atoms with E-state index < -0.39 is 5.82 Å². The number of amides is 1. The fraction of sp³-hybridized carbons (Fsp3) is 0.529. The molecule has 0 aliphatic carbocycles. The lowest BCUT2D eigenvalue weighted by Crippen LogP contribution is -2.50. The number of ether oxygens (including phenoxy) is 1. The van der Waals surface area contributed by atoms with Gasteiger partial charge in [-0.2, -0.15) is 0 Å². The number of rotatable bonds is 6. The second kappa shape index (κ2) is 8.06. The molecule has 126 valence electrons. The molecule has 2 rings (SSSR count).